The average Bonchev–Trinajstić information content (AvgIpc) is 2.89. The van der Waals surface area contributed by atoms with E-state index < -0.39 is 10.0 Å². The SMILES string of the molecule is Cc1nc(C)c(CCNS(=O)(=O)c2cccs2)s1. The van der Waals surface area contributed by atoms with E-state index >= 15 is 0 Å². The summed E-state index contributed by atoms with van der Waals surface area (Å²) in [4.78, 5) is 5.46. The molecule has 0 radical (unpaired) electrons. The van der Waals surface area contributed by atoms with Gasteiger partial charge in [0.2, 0.25) is 10.0 Å². The highest BCUT2D eigenvalue weighted by atomic mass is 32.2. The number of rotatable bonds is 5. The lowest BCUT2D eigenvalue weighted by molar-refractivity contribution is 0.584. The minimum Gasteiger partial charge on any atom is -0.247 e. The summed E-state index contributed by atoms with van der Waals surface area (Å²) >= 11 is 2.84. The molecule has 98 valence electrons. The van der Waals surface area contributed by atoms with Crippen LogP contribution in [0.15, 0.2) is 21.7 Å². The lowest BCUT2D eigenvalue weighted by Crippen LogP contribution is -2.25. The Hall–Kier alpha value is -0.760. The molecule has 0 spiro atoms. The predicted molar refractivity (Wildman–Crippen MR) is 74.8 cm³/mol. The molecule has 2 aromatic heterocycles. The monoisotopic (exact) mass is 302 g/mol. The minimum atomic E-state index is -3.34. The van der Waals surface area contributed by atoms with Crippen LogP contribution in [-0.2, 0) is 16.4 Å². The first-order chi connectivity index (χ1) is 8.49. The normalized spacial score (nSPS) is 11.9. The number of hydrogen-bond donors (Lipinski definition) is 1. The van der Waals surface area contributed by atoms with Gasteiger partial charge in [-0.15, -0.1) is 22.7 Å². The fraction of sp³-hybridized carbons (Fsp3) is 0.364. The van der Waals surface area contributed by atoms with Gasteiger partial charge in [-0.2, -0.15) is 0 Å². The van der Waals surface area contributed by atoms with Gasteiger partial charge in [-0.1, -0.05) is 6.07 Å². The Balaban J connectivity index is 1.95. The number of nitrogens with one attached hydrogen (secondary N) is 1. The molecule has 0 atom stereocenters. The zero-order valence-electron chi connectivity index (χ0n) is 10.1. The number of thiazole rings is 1. The van der Waals surface area contributed by atoms with Crippen molar-refractivity contribution in [1.29, 1.82) is 0 Å². The standard InChI is InChI=1S/C11H14N2O2S3/c1-8-10(17-9(2)13-8)5-6-12-18(14,15)11-4-3-7-16-11/h3-4,7,12H,5-6H2,1-2H3. The van der Waals surface area contributed by atoms with Crippen LogP contribution in [0.1, 0.15) is 15.6 Å². The molecule has 0 aliphatic heterocycles. The van der Waals surface area contributed by atoms with Gasteiger partial charge in [-0.3, -0.25) is 0 Å². The molecule has 0 unspecified atom stereocenters. The number of aryl methyl sites for hydroxylation is 2. The van der Waals surface area contributed by atoms with E-state index in [0.29, 0.717) is 17.2 Å². The van der Waals surface area contributed by atoms with Crippen LogP contribution >= 0.6 is 22.7 Å². The summed E-state index contributed by atoms with van der Waals surface area (Å²) in [5, 5.41) is 2.77. The first kappa shape index (κ1) is 13.7. The zero-order chi connectivity index (χ0) is 13.2. The number of thiophene rings is 1. The second-order valence-electron chi connectivity index (χ2n) is 3.82. The van der Waals surface area contributed by atoms with Crippen LogP contribution in [0.2, 0.25) is 0 Å². The van der Waals surface area contributed by atoms with Gasteiger partial charge in [-0.25, -0.2) is 18.1 Å². The van der Waals surface area contributed by atoms with E-state index in [-0.39, 0.29) is 0 Å². The van der Waals surface area contributed by atoms with Crippen LogP contribution in [-0.4, -0.2) is 19.9 Å². The molecule has 7 heteroatoms. The average molecular weight is 302 g/mol. The van der Waals surface area contributed by atoms with Gasteiger partial charge in [0.1, 0.15) is 4.21 Å². The predicted octanol–water partition coefficient (Wildman–Crippen LogP) is 2.34. The van der Waals surface area contributed by atoms with Gasteiger partial charge in [0.15, 0.2) is 0 Å². The van der Waals surface area contributed by atoms with E-state index in [1.807, 2.05) is 13.8 Å². The Morgan fingerprint density at radius 2 is 2.17 bits per heavy atom. The third-order valence-electron chi connectivity index (χ3n) is 2.40. The second kappa shape index (κ2) is 5.48. The molecule has 0 aromatic carbocycles. The summed E-state index contributed by atoms with van der Waals surface area (Å²) < 4.78 is 26.7. The van der Waals surface area contributed by atoms with Crippen molar-refractivity contribution >= 4 is 32.7 Å². The number of hydrogen-bond acceptors (Lipinski definition) is 5. The topological polar surface area (TPSA) is 59.1 Å². The van der Waals surface area contributed by atoms with Crippen LogP contribution in [0.25, 0.3) is 0 Å². The Morgan fingerprint density at radius 3 is 2.72 bits per heavy atom. The van der Waals surface area contributed by atoms with Gasteiger partial charge in [0, 0.05) is 11.4 Å². The second-order valence-corrected chi connectivity index (χ2v) is 8.05. The maximum Gasteiger partial charge on any atom is 0.250 e. The van der Waals surface area contributed by atoms with Crippen molar-refractivity contribution in [2.45, 2.75) is 24.5 Å². The first-order valence-corrected chi connectivity index (χ1v) is 8.63. The van der Waals surface area contributed by atoms with Gasteiger partial charge < -0.3 is 0 Å². The molecule has 2 heterocycles. The summed E-state index contributed by atoms with van der Waals surface area (Å²) in [6.07, 6.45) is 0.682. The third-order valence-corrected chi connectivity index (χ3v) is 6.39. The number of aromatic nitrogens is 1. The van der Waals surface area contributed by atoms with Gasteiger partial charge in [-0.05, 0) is 31.7 Å². The maximum atomic E-state index is 11.9. The molecule has 0 fully saturated rings. The van der Waals surface area contributed by atoms with Gasteiger partial charge >= 0.3 is 0 Å². The molecule has 0 saturated heterocycles. The lowest BCUT2D eigenvalue weighted by atomic mass is 10.3. The minimum absolute atomic E-state index is 0.361. The molecule has 0 bridgehead atoms. The highest BCUT2D eigenvalue weighted by Gasteiger charge is 2.14. The molecule has 4 nitrogen and oxygen atoms in total. The van der Waals surface area contributed by atoms with Crippen LogP contribution in [0, 0.1) is 13.8 Å². The van der Waals surface area contributed by atoms with Crippen molar-refractivity contribution in [3.63, 3.8) is 0 Å². The van der Waals surface area contributed by atoms with E-state index in [1.165, 1.54) is 11.3 Å². The molecular formula is C11H14N2O2S3. The summed E-state index contributed by atoms with van der Waals surface area (Å²) in [6.45, 7) is 4.31. The van der Waals surface area contributed by atoms with Crippen LogP contribution in [0.5, 0.6) is 0 Å². The molecular weight excluding hydrogens is 288 g/mol. The molecule has 0 aliphatic rings. The first-order valence-electron chi connectivity index (χ1n) is 5.45. The zero-order valence-corrected chi connectivity index (χ0v) is 12.6. The van der Waals surface area contributed by atoms with Crippen LogP contribution in [0.4, 0.5) is 0 Å². The molecule has 2 rings (SSSR count). The van der Waals surface area contributed by atoms with Crippen LogP contribution in [0.3, 0.4) is 0 Å². The highest BCUT2D eigenvalue weighted by molar-refractivity contribution is 7.91. The lowest BCUT2D eigenvalue weighted by Gasteiger charge is -2.03. The van der Waals surface area contributed by atoms with E-state index in [9.17, 15) is 8.42 Å². The molecule has 0 aliphatic carbocycles. The Morgan fingerprint density at radius 1 is 1.39 bits per heavy atom. The quantitative estimate of drug-likeness (QED) is 0.922. The van der Waals surface area contributed by atoms with Crippen molar-refractivity contribution < 1.29 is 8.42 Å². The van der Waals surface area contributed by atoms with Crippen molar-refractivity contribution in [1.82, 2.24) is 9.71 Å². The van der Waals surface area contributed by atoms with Crippen molar-refractivity contribution in [3.05, 3.63) is 33.1 Å². The molecule has 0 saturated carbocycles. The van der Waals surface area contributed by atoms with Gasteiger partial charge in [0.25, 0.3) is 0 Å². The van der Waals surface area contributed by atoms with Gasteiger partial charge in [0.05, 0.1) is 10.7 Å². The number of nitrogens with zero attached hydrogens (tertiary/aromatic N) is 1. The van der Waals surface area contributed by atoms with Crippen molar-refractivity contribution in [2.24, 2.45) is 0 Å². The summed E-state index contributed by atoms with van der Waals surface area (Å²) in [5.74, 6) is 0. The maximum absolute atomic E-state index is 11.9. The summed E-state index contributed by atoms with van der Waals surface area (Å²) in [5.41, 5.74) is 0.993. The van der Waals surface area contributed by atoms with Crippen molar-refractivity contribution in [3.8, 4) is 0 Å². The smallest absolute Gasteiger partial charge is 0.247 e. The van der Waals surface area contributed by atoms with E-state index in [2.05, 4.69) is 9.71 Å². The summed E-state index contributed by atoms with van der Waals surface area (Å²) in [7, 11) is -3.34. The molecule has 2 aromatic rings. The third kappa shape index (κ3) is 3.17. The Bertz CT molecular complexity index is 615. The fourth-order valence-corrected chi connectivity index (χ4v) is 4.60. The van der Waals surface area contributed by atoms with E-state index in [0.717, 1.165) is 15.6 Å². The Labute approximate surface area is 115 Å². The fourth-order valence-electron chi connectivity index (χ4n) is 1.59. The highest BCUT2D eigenvalue weighted by Crippen LogP contribution is 2.18. The molecule has 1 N–H and O–H groups in total. The van der Waals surface area contributed by atoms with E-state index in [4.69, 9.17) is 0 Å². The Kier molecular flexibility index (Phi) is 4.16. The van der Waals surface area contributed by atoms with E-state index in [1.54, 1.807) is 28.8 Å². The summed E-state index contributed by atoms with van der Waals surface area (Å²) in [6, 6.07) is 3.34. The molecule has 0 amide bonds. The van der Waals surface area contributed by atoms with Crippen molar-refractivity contribution in [2.75, 3.05) is 6.54 Å². The largest absolute Gasteiger partial charge is 0.250 e. The van der Waals surface area contributed by atoms with Crippen LogP contribution < -0.4 is 4.72 Å². The molecule has 18 heavy (non-hydrogen) atoms. The number of sulfonamides is 1.